The van der Waals surface area contributed by atoms with Crippen molar-refractivity contribution in [2.24, 2.45) is 13.0 Å². The molecule has 5 heteroatoms. The Morgan fingerprint density at radius 3 is 2.95 bits per heavy atom. The lowest BCUT2D eigenvalue weighted by atomic mass is 9.89. The third-order valence-corrected chi connectivity index (χ3v) is 4.00. The van der Waals surface area contributed by atoms with Crippen LogP contribution >= 0.6 is 0 Å². The van der Waals surface area contributed by atoms with Crippen molar-refractivity contribution in [2.75, 3.05) is 6.54 Å². The molecule has 2 rings (SSSR count). The predicted molar refractivity (Wildman–Crippen MR) is 75.1 cm³/mol. The van der Waals surface area contributed by atoms with Crippen LogP contribution in [0.1, 0.15) is 43.2 Å². The molecule has 5 nitrogen and oxygen atoms in total. The molecule has 0 saturated carbocycles. The summed E-state index contributed by atoms with van der Waals surface area (Å²) in [7, 11) is 1.85. The van der Waals surface area contributed by atoms with Crippen molar-refractivity contribution in [3.8, 4) is 0 Å². The summed E-state index contributed by atoms with van der Waals surface area (Å²) in [5, 5.41) is 10.9. The summed E-state index contributed by atoms with van der Waals surface area (Å²) in [4.78, 5) is 12.4. The van der Waals surface area contributed by atoms with Gasteiger partial charge in [0.15, 0.2) is 0 Å². The van der Waals surface area contributed by atoms with E-state index in [1.54, 1.807) is 10.9 Å². The van der Waals surface area contributed by atoms with Gasteiger partial charge in [-0.1, -0.05) is 13.8 Å². The van der Waals surface area contributed by atoms with Crippen LogP contribution in [0.15, 0.2) is 6.20 Å². The van der Waals surface area contributed by atoms with Crippen molar-refractivity contribution >= 4 is 5.91 Å². The zero-order valence-corrected chi connectivity index (χ0v) is 12.2. The van der Waals surface area contributed by atoms with E-state index >= 15 is 0 Å². The van der Waals surface area contributed by atoms with Crippen molar-refractivity contribution in [1.29, 1.82) is 0 Å². The number of aryl methyl sites for hydroxylation is 2. The highest BCUT2D eigenvalue weighted by molar-refractivity contribution is 5.95. The molecular formula is C14H24N4O. The van der Waals surface area contributed by atoms with E-state index in [-0.39, 0.29) is 11.9 Å². The van der Waals surface area contributed by atoms with Gasteiger partial charge >= 0.3 is 0 Å². The number of nitrogens with zero attached hydrogens (tertiary/aromatic N) is 2. The maximum atomic E-state index is 12.4. The number of hydrogen-bond acceptors (Lipinski definition) is 3. The first-order valence-corrected chi connectivity index (χ1v) is 7.09. The maximum Gasteiger partial charge on any atom is 0.255 e. The van der Waals surface area contributed by atoms with Crippen molar-refractivity contribution < 1.29 is 4.79 Å². The van der Waals surface area contributed by atoms with Gasteiger partial charge in [-0.15, -0.1) is 0 Å². The Labute approximate surface area is 114 Å². The summed E-state index contributed by atoms with van der Waals surface area (Å²) in [5.74, 6) is 0.499. The van der Waals surface area contributed by atoms with Crippen LogP contribution in [0.25, 0.3) is 0 Å². The summed E-state index contributed by atoms with van der Waals surface area (Å²) in [6.45, 7) is 7.38. The van der Waals surface area contributed by atoms with Crippen LogP contribution in [0.4, 0.5) is 0 Å². The normalized spacial score (nSPS) is 27.3. The highest BCUT2D eigenvalue weighted by atomic mass is 16.1. The van der Waals surface area contributed by atoms with Gasteiger partial charge in [0.25, 0.3) is 5.91 Å². The molecule has 0 radical (unpaired) electrons. The Hall–Kier alpha value is -1.36. The molecule has 1 fully saturated rings. The second kappa shape index (κ2) is 5.74. The molecule has 2 N–H and O–H groups in total. The Morgan fingerprint density at radius 1 is 1.58 bits per heavy atom. The van der Waals surface area contributed by atoms with E-state index in [0.717, 1.165) is 25.1 Å². The van der Waals surface area contributed by atoms with E-state index in [0.29, 0.717) is 17.5 Å². The first-order chi connectivity index (χ1) is 9.02. The zero-order chi connectivity index (χ0) is 14.0. The van der Waals surface area contributed by atoms with Crippen LogP contribution in [0, 0.1) is 5.92 Å². The number of carbonyl (C=O) groups excluding carboxylic acids is 1. The van der Waals surface area contributed by atoms with E-state index in [1.807, 2.05) is 14.0 Å². The Morgan fingerprint density at radius 2 is 2.32 bits per heavy atom. The minimum absolute atomic E-state index is 0.00245. The molecular weight excluding hydrogens is 240 g/mol. The highest BCUT2D eigenvalue weighted by Crippen LogP contribution is 2.17. The van der Waals surface area contributed by atoms with Crippen molar-refractivity contribution in [3.63, 3.8) is 0 Å². The lowest BCUT2D eigenvalue weighted by molar-refractivity contribution is 0.0896. The standard InChI is InChI=1S/C14H24N4O/c1-5-12-11(8-18(4)17-12)14(19)16-13-9(2)6-7-15-10(13)3/h8-10,13,15H,5-7H2,1-4H3,(H,16,19). The fraction of sp³-hybridized carbons (Fsp3) is 0.714. The van der Waals surface area contributed by atoms with Gasteiger partial charge in [0.2, 0.25) is 0 Å². The monoisotopic (exact) mass is 264 g/mol. The molecule has 0 bridgehead atoms. The summed E-state index contributed by atoms with van der Waals surface area (Å²) in [5.41, 5.74) is 1.57. The van der Waals surface area contributed by atoms with Gasteiger partial charge in [0, 0.05) is 25.3 Å². The summed E-state index contributed by atoms with van der Waals surface area (Å²) in [6.07, 6.45) is 3.68. The molecule has 2 heterocycles. The van der Waals surface area contributed by atoms with Gasteiger partial charge in [-0.25, -0.2) is 0 Å². The molecule has 1 amide bonds. The number of amides is 1. The van der Waals surface area contributed by atoms with Crippen LogP contribution in [-0.4, -0.2) is 34.3 Å². The SMILES string of the molecule is CCc1nn(C)cc1C(=O)NC1C(C)CCNC1C. The van der Waals surface area contributed by atoms with E-state index in [4.69, 9.17) is 0 Å². The number of carbonyl (C=O) groups is 1. The number of aromatic nitrogens is 2. The molecule has 1 aromatic rings. The van der Waals surface area contributed by atoms with Crippen molar-refractivity contribution in [2.45, 2.75) is 45.7 Å². The van der Waals surface area contributed by atoms with E-state index in [2.05, 4.69) is 29.6 Å². The minimum Gasteiger partial charge on any atom is -0.347 e. The predicted octanol–water partition coefficient (Wildman–Crippen LogP) is 1.10. The first-order valence-electron chi connectivity index (χ1n) is 7.09. The summed E-state index contributed by atoms with van der Waals surface area (Å²) >= 11 is 0. The van der Waals surface area contributed by atoms with Gasteiger partial charge in [-0.3, -0.25) is 9.48 Å². The third-order valence-electron chi connectivity index (χ3n) is 4.00. The van der Waals surface area contributed by atoms with Gasteiger partial charge in [-0.2, -0.15) is 5.10 Å². The van der Waals surface area contributed by atoms with Gasteiger partial charge in [-0.05, 0) is 32.2 Å². The molecule has 19 heavy (non-hydrogen) atoms. The molecule has 3 unspecified atom stereocenters. The van der Waals surface area contributed by atoms with Crippen LogP contribution < -0.4 is 10.6 Å². The van der Waals surface area contributed by atoms with Crippen LogP contribution in [-0.2, 0) is 13.5 Å². The fourth-order valence-electron chi connectivity index (χ4n) is 2.82. The highest BCUT2D eigenvalue weighted by Gasteiger charge is 2.29. The van der Waals surface area contributed by atoms with Gasteiger partial charge in [0.05, 0.1) is 11.3 Å². The smallest absolute Gasteiger partial charge is 0.255 e. The Kier molecular flexibility index (Phi) is 4.24. The summed E-state index contributed by atoms with van der Waals surface area (Å²) < 4.78 is 1.71. The number of hydrogen-bond donors (Lipinski definition) is 2. The topological polar surface area (TPSA) is 59.0 Å². The van der Waals surface area contributed by atoms with Crippen LogP contribution in [0.3, 0.4) is 0 Å². The number of nitrogens with one attached hydrogen (secondary N) is 2. The second-order valence-corrected chi connectivity index (χ2v) is 5.52. The molecule has 106 valence electrons. The molecule has 1 aromatic heterocycles. The van der Waals surface area contributed by atoms with Crippen LogP contribution in [0.2, 0.25) is 0 Å². The van der Waals surface area contributed by atoms with Crippen LogP contribution in [0.5, 0.6) is 0 Å². The van der Waals surface area contributed by atoms with E-state index < -0.39 is 0 Å². The summed E-state index contributed by atoms with van der Waals surface area (Å²) in [6, 6.07) is 0.501. The maximum absolute atomic E-state index is 12.4. The minimum atomic E-state index is -0.00245. The lowest BCUT2D eigenvalue weighted by Crippen LogP contribution is -2.55. The first kappa shape index (κ1) is 14.1. The van der Waals surface area contributed by atoms with Crippen molar-refractivity contribution in [3.05, 3.63) is 17.5 Å². The largest absolute Gasteiger partial charge is 0.347 e. The molecule has 1 saturated heterocycles. The average molecular weight is 264 g/mol. The second-order valence-electron chi connectivity index (χ2n) is 5.52. The fourth-order valence-corrected chi connectivity index (χ4v) is 2.82. The number of piperidine rings is 1. The Bertz CT molecular complexity index is 444. The Balaban J connectivity index is 2.11. The van der Waals surface area contributed by atoms with E-state index in [1.165, 1.54) is 0 Å². The molecule has 3 atom stereocenters. The van der Waals surface area contributed by atoms with Gasteiger partial charge < -0.3 is 10.6 Å². The van der Waals surface area contributed by atoms with Gasteiger partial charge in [0.1, 0.15) is 0 Å². The molecule has 0 aliphatic carbocycles. The average Bonchev–Trinajstić information content (AvgIpc) is 2.75. The number of rotatable bonds is 3. The quantitative estimate of drug-likeness (QED) is 0.859. The molecule has 0 spiro atoms. The molecule has 1 aliphatic rings. The molecule has 1 aliphatic heterocycles. The zero-order valence-electron chi connectivity index (χ0n) is 12.2. The molecule has 0 aromatic carbocycles. The third kappa shape index (κ3) is 2.97. The van der Waals surface area contributed by atoms with E-state index in [9.17, 15) is 4.79 Å². The van der Waals surface area contributed by atoms with Crippen molar-refractivity contribution in [1.82, 2.24) is 20.4 Å². The lowest BCUT2D eigenvalue weighted by Gasteiger charge is -2.35.